The second-order valence-corrected chi connectivity index (χ2v) is 6.36. The van der Waals surface area contributed by atoms with E-state index in [1.165, 1.54) is 12.8 Å². The molecule has 0 aliphatic carbocycles. The van der Waals surface area contributed by atoms with Gasteiger partial charge in [0.15, 0.2) is 0 Å². The van der Waals surface area contributed by atoms with Crippen LogP contribution >= 0.6 is 11.6 Å². The van der Waals surface area contributed by atoms with Crippen LogP contribution in [0.15, 0.2) is 36.8 Å². The van der Waals surface area contributed by atoms with Crippen LogP contribution in [-0.2, 0) is 0 Å². The lowest BCUT2D eigenvalue weighted by atomic mass is 9.92. The highest BCUT2D eigenvalue weighted by Crippen LogP contribution is 2.35. The molecule has 0 spiro atoms. The summed E-state index contributed by atoms with van der Waals surface area (Å²) in [4.78, 5) is 18.0. The minimum atomic E-state index is 0.478. The quantitative estimate of drug-likeness (QED) is 0.852. The van der Waals surface area contributed by atoms with E-state index in [-0.39, 0.29) is 0 Å². The fourth-order valence-corrected chi connectivity index (χ4v) is 3.71. The van der Waals surface area contributed by atoms with E-state index in [1.807, 2.05) is 30.6 Å². The maximum atomic E-state index is 5.95. The lowest BCUT2D eigenvalue weighted by Gasteiger charge is -2.38. The van der Waals surface area contributed by atoms with Gasteiger partial charge in [-0.15, -0.1) is 0 Å². The molecule has 0 aromatic carbocycles. The molecule has 5 nitrogen and oxygen atoms in total. The number of pyridine rings is 1. The Kier molecular flexibility index (Phi) is 3.58. The molecule has 6 heteroatoms. The monoisotopic (exact) mass is 315 g/mol. The summed E-state index contributed by atoms with van der Waals surface area (Å²) in [6.07, 6.45) is 7.76. The summed E-state index contributed by atoms with van der Waals surface area (Å²) in [5, 5.41) is 0.683. The van der Waals surface area contributed by atoms with E-state index in [0.717, 1.165) is 37.3 Å². The van der Waals surface area contributed by atoms with Crippen molar-refractivity contribution in [2.75, 3.05) is 29.4 Å². The molecule has 4 rings (SSSR count). The summed E-state index contributed by atoms with van der Waals surface area (Å²) in [6.45, 7) is 3.06. The van der Waals surface area contributed by atoms with Crippen LogP contribution < -0.4 is 9.80 Å². The average molecular weight is 316 g/mol. The number of fused-ring (bicyclic) bond motifs is 1. The van der Waals surface area contributed by atoms with Crippen LogP contribution in [0.25, 0.3) is 0 Å². The summed E-state index contributed by atoms with van der Waals surface area (Å²) < 4.78 is 0. The number of anilines is 2. The molecule has 2 atom stereocenters. The van der Waals surface area contributed by atoms with Gasteiger partial charge in [-0.3, -0.25) is 0 Å². The normalized spacial score (nSPS) is 24.4. The first-order valence-corrected chi connectivity index (χ1v) is 8.09. The third-order valence-corrected chi connectivity index (χ3v) is 4.93. The number of hydrogen-bond acceptors (Lipinski definition) is 5. The molecule has 114 valence electrons. The maximum Gasteiger partial charge on any atom is 0.225 e. The van der Waals surface area contributed by atoms with Crippen molar-refractivity contribution in [1.29, 1.82) is 0 Å². The van der Waals surface area contributed by atoms with Crippen LogP contribution in [0.5, 0.6) is 0 Å². The molecule has 2 fully saturated rings. The third-order valence-electron chi connectivity index (χ3n) is 4.70. The Morgan fingerprint density at radius 2 is 1.86 bits per heavy atom. The zero-order chi connectivity index (χ0) is 14.9. The molecule has 2 aromatic heterocycles. The van der Waals surface area contributed by atoms with Crippen LogP contribution in [0.4, 0.5) is 11.8 Å². The van der Waals surface area contributed by atoms with E-state index in [0.29, 0.717) is 11.1 Å². The molecule has 4 heterocycles. The molecule has 0 N–H and O–H groups in total. The minimum Gasteiger partial charge on any atom is -0.352 e. The van der Waals surface area contributed by atoms with Crippen molar-refractivity contribution in [3.8, 4) is 0 Å². The van der Waals surface area contributed by atoms with Gasteiger partial charge in [0.05, 0.1) is 11.1 Å². The molecule has 0 bridgehead atoms. The van der Waals surface area contributed by atoms with Gasteiger partial charge in [0.25, 0.3) is 0 Å². The molecule has 2 aliphatic rings. The van der Waals surface area contributed by atoms with Gasteiger partial charge in [-0.2, -0.15) is 0 Å². The highest BCUT2D eigenvalue weighted by molar-refractivity contribution is 6.30. The van der Waals surface area contributed by atoms with Crippen molar-refractivity contribution in [3.63, 3.8) is 0 Å². The first-order chi connectivity index (χ1) is 10.8. The van der Waals surface area contributed by atoms with Gasteiger partial charge < -0.3 is 9.80 Å². The van der Waals surface area contributed by atoms with Gasteiger partial charge in [-0.1, -0.05) is 11.6 Å². The first kappa shape index (κ1) is 13.8. The van der Waals surface area contributed by atoms with Gasteiger partial charge in [0.2, 0.25) is 5.95 Å². The first-order valence-electron chi connectivity index (χ1n) is 7.71. The van der Waals surface area contributed by atoms with Crippen LogP contribution in [0.2, 0.25) is 5.02 Å². The molecule has 0 amide bonds. The van der Waals surface area contributed by atoms with E-state index in [2.05, 4.69) is 24.8 Å². The van der Waals surface area contributed by atoms with Crippen molar-refractivity contribution in [3.05, 3.63) is 41.8 Å². The van der Waals surface area contributed by atoms with Crippen LogP contribution in [0.3, 0.4) is 0 Å². The van der Waals surface area contributed by atoms with Crippen LogP contribution in [0, 0.1) is 5.92 Å². The fourth-order valence-electron chi connectivity index (χ4n) is 3.60. The second-order valence-electron chi connectivity index (χ2n) is 5.93. The predicted molar refractivity (Wildman–Crippen MR) is 87.4 cm³/mol. The van der Waals surface area contributed by atoms with Gasteiger partial charge >= 0.3 is 0 Å². The SMILES string of the molecule is Clc1ccc(N2CCC3CCN(c4ncccn4)CC32)nc1. The molecule has 2 unspecified atom stereocenters. The predicted octanol–water partition coefficient (Wildman–Crippen LogP) is 2.63. The molecule has 2 saturated heterocycles. The molecule has 2 aliphatic heterocycles. The number of halogens is 1. The Hall–Kier alpha value is -1.88. The topological polar surface area (TPSA) is 45.2 Å². The zero-order valence-corrected chi connectivity index (χ0v) is 13.0. The van der Waals surface area contributed by atoms with Crippen LogP contribution in [0.1, 0.15) is 12.8 Å². The number of piperidine rings is 1. The average Bonchev–Trinajstić information content (AvgIpc) is 2.99. The second kappa shape index (κ2) is 5.72. The molecule has 22 heavy (non-hydrogen) atoms. The van der Waals surface area contributed by atoms with Crippen molar-refractivity contribution < 1.29 is 0 Å². The van der Waals surface area contributed by atoms with Crippen molar-refractivity contribution >= 4 is 23.4 Å². The summed E-state index contributed by atoms with van der Waals surface area (Å²) >= 11 is 5.95. The Morgan fingerprint density at radius 1 is 1.05 bits per heavy atom. The fraction of sp³-hybridized carbons (Fsp3) is 0.438. The largest absolute Gasteiger partial charge is 0.352 e. The van der Waals surface area contributed by atoms with Crippen molar-refractivity contribution in [2.45, 2.75) is 18.9 Å². The lowest BCUT2D eigenvalue weighted by molar-refractivity contribution is 0.387. The highest BCUT2D eigenvalue weighted by Gasteiger charge is 2.39. The van der Waals surface area contributed by atoms with Gasteiger partial charge in [0.1, 0.15) is 5.82 Å². The Bertz CT molecular complexity index is 633. The summed E-state index contributed by atoms with van der Waals surface area (Å²) in [7, 11) is 0. The van der Waals surface area contributed by atoms with Crippen molar-refractivity contribution in [1.82, 2.24) is 15.0 Å². The zero-order valence-electron chi connectivity index (χ0n) is 12.3. The van der Waals surface area contributed by atoms with Gasteiger partial charge in [-0.05, 0) is 37.0 Å². The van der Waals surface area contributed by atoms with E-state index < -0.39 is 0 Å². The van der Waals surface area contributed by atoms with Gasteiger partial charge in [-0.25, -0.2) is 15.0 Å². The smallest absolute Gasteiger partial charge is 0.225 e. The Labute approximate surface area is 135 Å². The number of hydrogen-bond donors (Lipinski definition) is 0. The Morgan fingerprint density at radius 3 is 2.64 bits per heavy atom. The summed E-state index contributed by atoms with van der Waals surface area (Å²) in [6, 6.07) is 6.27. The van der Waals surface area contributed by atoms with E-state index in [9.17, 15) is 0 Å². The molecule has 2 aromatic rings. The minimum absolute atomic E-state index is 0.478. The van der Waals surface area contributed by atoms with Crippen LogP contribution in [-0.4, -0.2) is 40.6 Å². The number of rotatable bonds is 2. The summed E-state index contributed by atoms with van der Waals surface area (Å²) in [5.74, 6) is 2.59. The maximum absolute atomic E-state index is 5.95. The summed E-state index contributed by atoms with van der Waals surface area (Å²) in [5.41, 5.74) is 0. The Balaban J connectivity index is 1.56. The van der Waals surface area contributed by atoms with Crippen molar-refractivity contribution in [2.24, 2.45) is 5.92 Å². The molecule has 0 saturated carbocycles. The van der Waals surface area contributed by atoms with Gasteiger partial charge in [0, 0.05) is 38.2 Å². The van der Waals surface area contributed by atoms with E-state index >= 15 is 0 Å². The highest BCUT2D eigenvalue weighted by atomic mass is 35.5. The van der Waals surface area contributed by atoms with E-state index in [4.69, 9.17) is 11.6 Å². The molecule has 0 radical (unpaired) electrons. The van der Waals surface area contributed by atoms with E-state index in [1.54, 1.807) is 6.20 Å². The molecular weight excluding hydrogens is 298 g/mol. The number of aromatic nitrogens is 3. The lowest BCUT2D eigenvalue weighted by Crippen LogP contribution is -2.49. The number of nitrogens with zero attached hydrogens (tertiary/aromatic N) is 5. The molecular formula is C16H18ClN5. The third kappa shape index (κ3) is 2.50. The standard InChI is InChI=1S/C16H18ClN5/c17-13-2-3-15(20-10-13)22-9-5-12-4-8-21(11-14(12)22)16-18-6-1-7-19-16/h1-3,6-7,10,12,14H,4-5,8-9,11H2.